The number of alkyl halides is 1. The Hall–Kier alpha value is 0.01000. The minimum absolute atomic E-state index is 0.598. The molecule has 21 heavy (non-hydrogen) atoms. The Balaban J connectivity index is 2.35. The van der Waals surface area contributed by atoms with E-state index in [-0.39, 0.29) is 0 Å². The molecule has 0 N–H and O–H groups in total. The van der Waals surface area contributed by atoms with Crippen LogP contribution in [0.2, 0.25) is 0 Å². The zero-order chi connectivity index (χ0) is 15.2. The summed E-state index contributed by atoms with van der Waals surface area (Å²) in [7, 11) is 0. The van der Waals surface area contributed by atoms with Crippen LogP contribution in [0.3, 0.4) is 0 Å². The van der Waals surface area contributed by atoms with Crippen molar-refractivity contribution in [2.45, 2.75) is 39.0 Å². The second kappa shape index (κ2) is 8.59. The molecule has 0 atom stereocenters. The lowest BCUT2D eigenvalue weighted by atomic mass is 9.83. The Labute approximate surface area is 149 Å². The van der Waals surface area contributed by atoms with Crippen LogP contribution in [0, 0.1) is 5.92 Å². The highest BCUT2D eigenvalue weighted by molar-refractivity contribution is 9.11. The van der Waals surface area contributed by atoms with Crippen LogP contribution in [0.25, 0.3) is 6.08 Å². The van der Waals surface area contributed by atoms with Gasteiger partial charge in [-0.1, -0.05) is 46.8 Å². The number of allylic oxidation sites excluding steroid dienone is 1. The molecule has 0 bridgehead atoms. The fourth-order valence-corrected chi connectivity index (χ4v) is 4.59. The van der Waals surface area contributed by atoms with Crippen LogP contribution in [0.15, 0.2) is 26.7 Å². The molecule has 1 aromatic rings. The zero-order valence-electron chi connectivity index (χ0n) is 12.3. The van der Waals surface area contributed by atoms with Crippen LogP contribution >= 0.6 is 43.5 Å². The summed E-state index contributed by atoms with van der Waals surface area (Å²) in [5, 5.41) is 0. The van der Waals surface area contributed by atoms with E-state index in [1.165, 1.54) is 37.7 Å². The Bertz CT molecular complexity index is 508. The lowest BCUT2D eigenvalue weighted by Gasteiger charge is -2.24. The Morgan fingerprint density at radius 1 is 1.29 bits per heavy atom. The minimum Gasteiger partial charge on any atom is -0.492 e. The standard InChI is InChI=1S/C17H21Br2ClO/c1-2-21-17-13(9-15(18)10-16(17)19)8-14(11-20)12-6-4-3-5-7-12/h8-10,12H,2-7,11H2,1H3/b14-8-. The van der Waals surface area contributed by atoms with E-state index in [9.17, 15) is 0 Å². The maximum atomic E-state index is 6.23. The highest BCUT2D eigenvalue weighted by Crippen LogP contribution is 2.37. The molecule has 0 aromatic heterocycles. The Morgan fingerprint density at radius 2 is 2.00 bits per heavy atom. The quantitative estimate of drug-likeness (QED) is 0.461. The van der Waals surface area contributed by atoms with E-state index >= 15 is 0 Å². The maximum absolute atomic E-state index is 6.23. The van der Waals surface area contributed by atoms with Crippen molar-refractivity contribution in [3.63, 3.8) is 0 Å². The summed E-state index contributed by atoms with van der Waals surface area (Å²) >= 11 is 13.4. The summed E-state index contributed by atoms with van der Waals surface area (Å²) in [6, 6.07) is 4.12. The molecule has 0 aliphatic heterocycles. The van der Waals surface area contributed by atoms with Gasteiger partial charge < -0.3 is 4.74 Å². The highest BCUT2D eigenvalue weighted by atomic mass is 79.9. The molecule has 0 amide bonds. The first-order valence-electron chi connectivity index (χ1n) is 7.54. The molecule has 2 rings (SSSR count). The molecule has 116 valence electrons. The lowest BCUT2D eigenvalue weighted by molar-refractivity contribution is 0.337. The van der Waals surface area contributed by atoms with Gasteiger partial charge in [-0.15, -0.1) is 11.6 Å². The van der Waals surface area contributed by atoms with Gasteiger partial charge in [0.2, 0.25) is 0 Å². The van der Waals surface area contributed by atoms with Gasteiger partial charge in [0.05, 0.1) is 11.1 Å². The fraction of sp³-hybridized carbons (Fsp3) is 0.529. The summed E-state index contributed by atoms with van der Waals surface area (Å²) in [5.74, 6) is 2.13. The molecule has 1 aromatic carbocycles. The Kier molecular flexibility index (Phi) is 7.11. The summed E-state index contributed by atoms with van der Waals surface area (Å²) < 4.78 is 7.82. The topological polar surface area (TPSA) is 9.23 Å². The van der Waals surface area contributed by atoms with Crippen molar-refractivity contribution in [1.29, 1.82) is 0 Å². The first-order chi connectivity index (χ1) is 10.2. The molecule has 0 radical (unpaired) electrons. The SMILES string of the molecule is CCOc1c(Br)cc(Br)cc1/C=C(/CCl)C1CCCCC1. The third-order valence-electron chi connectivity index (χ3n) is 3.95. The van der Waals surface area contributed by atoms with Crippen molar-refractivity contribution in [3.8, 4) is 5.75 Å². The van der Waals surface area contributed by atoms with Crippen molar-refractivity contribution in [3.05, 3.63) is 32.2 Å². The van der Waals surface area contributed by atoms with Gasteiger partial charge in [0, 0.05) is 15.9 Å². The van der Waals surface area contributed by atoms with Crippen LogP contribution in [0.4, 0.5) is 0 Å². The van der Waals surface area contributed by atoms with Gasteiger partial charge in [-0.3, -0.25) is 0 Å². The summed E-state index contributed by atoms with van der Waals surface area (Å²) in [5.41, 5.74) is 2.43. The number of hydrogen-bond acceptors (Lipinski definition) is 1. The molecule has 1 aliphatic rings. The normalized spacial score (nSPS) is 17.0. The highest BCUT2D eigenvalue weighted by Gasteiger charge is 2.18. The van der Waals surface area contributed by atoms with Crippen LogP contribution in [0.5, 0.6) is 5.75 Å². The van der Waals surface area contributed by atoms with Crippen LogP contribution in [0.1, 0.15) is 44.6 Å². The third-order valence-corrected chi connectivity index (χ3v) is 5.31. The first kappa shape index (κ1) is 17.4. The van der Waals surface area contributed by atoms with E-state index in [2.05, 4.69) is 44.0 Å². The van der Waals surface area contributed by atoms with E-state index in [1.54, 1.807) is 0 Å². The molecular weight excluding hydrogens is 415 g/mol. The largest absolute Gasteiger partial charge is 0.492 e. The van der Waals surface area contributed by atoms with Crippen molar-refractivity contribution in [2.24, 2.45) is 5.92 Å². The van der Waals surface area contributed by atoms with Gasteiger partial charge >= 0.3 is 0 Å². The molecule has 1 aliphatic carbocycles. The summed E-state index contributed by atoms with van der Waals surface area (Å²) in [6.45, 7) is 2.66. The van der Waals surface area contributed by atoms with Gasteiger partial charge in [0.15, 0.2) is 0 Å². The predicted molar refractivity (Wildman–Crippen MR) is 98.3 cm³/mol. The monoisotopic (exact) mass is 434 g/mol. The molecule has 4 heteroatoms. The third kappa shape index (κ3) is 4.74. The molecule has 0 saturated heterocycles. The average Bonchev–Trinajstić information content (AvgIpc) is 2.49. The van der Waals surface area contributed by atoms with Gasteiger partial charge in [-0.25, -0.2) is 0 Å². The smallest absolute Gasteiger partial charge is 0.140 e. The van der Waals surface area contributed by atoms with E-state index in [4.69, 9.17) is 16.3 Å². The van der Waals surface area contributed by atoms with Gasteiger partial charge in [-0.05, 0) is 53.7 Å². The van der Waals surface area contributed by atoms with Crippen molar-refractivity contribution >= 4 is 49.5 Å². The molecular formula is C17H21Br2ClO. The number of rotatable bonds is 5. The summed E-state index contributed by atoms with van der Waals surface area (Å²) in [4.78, 5) is 0. The molecule has 1 nitrogen and oxygen atoms in total. The number of benzene rings is 1. The molecule has 0 spiro atoms. The average molecular weight is 437 g/mol. The van der Waals surface area contributed by atoms with Gasteiger partial charge in [0.25, 0.3) is 0 Å². The van der Waals surface area contributed by atoms with Crippen molar-refractivity contribution < 1.29 is 4.74 Å². The number of hydrogen-bond donors (Lipinski definition) is 0. The van der Waals surface area contributed by atoms with Gasteiger partial charge in [0.1, 0.15) is 5.75 Å². The molecule has 0 unspecified atom stereocenters. The van der Waals surface area contributed by atoms with Crippen LogP contribution in [-0.2, 0) is 0 Å². The molecule has 1 fully saturated rings. The fourth-order valence-electron chi connectivity index (χ4n) is 2.92. The second-order valence-electron chi connectivity index (χ2n) is 5.43. The summed E-state index contributed by atoms with van der Waals surface area (Å²) in [6.07, 6.45) is 8.75. The van der Waals surface area contributed by atoms with Crippen LogP contribution < -0.4 is 4.74 Å². The van der Waals surface area contributed by atoms with E-state index < -0.39 is 0 Å². The molecule has 0 heterocycles. The van der Waals surface area contributed by atoms with Crippen molar-refractivity contribution in [1.82, 2.24) is 0 Å². The first-order valence-corrected chi connectivity index (χ1v) is 9.66. The maximum Gasteiger partial charge on any atom is 0.140 e. The van der Waals surface area contributed by atoms with E-state index in [0.29, 0.717) is 18.4 Å². The zero-order valence-corrected chi connectivity index (χ0v) is 16.2. The minimum atomic E-state index is 0.598. The van der Waals surface area contributed by atoms with Gasteiger partial charge in [-0.2, -0.15) is 0 Å². The second-order valence-corrected chi connectivity index (χ2v) is 7.46. The van der Waals surface area contributed by atoms with Crippen LogP contribution in [-0.4, -0.2) is 12.5 Å². The van der Waals surface area contributed by atoms with E-state index in [0.717, 1.165) is 20.3 Å². The number of ether oxygens (including phenoxy) is 1. The Morgan fingerprint density at radius 3 is 2.62 bits per heavy atom. The number of halogens is 3. The lowest BCUT2D eigenvalue weighted by Crippen LogP contribution is -2.10. The van der Waals surface area contributed by atoms with E-state index in [1.807, 2.05) is 13.0 Å². The predicted octanol–water partition coefficient (Wildman–Crippen LogP) is 6.81. The van der Waals surface area contributed by atoms with Crippen molar-refractivity contribution in [2.75, 3.05) is 12.5 Å². The molecule has 1 saturated carbocycles.